The molecular formula is C22H36O2. The van der Waals surface area contributed by atoms with Crippen molar-refractivity contribution in [2.75, 3.05) is 7.11 Å². The molecule has 0 spiro atoms. The number of hydrogen-bond donors (Lipinski definition) is 0. The van der Waals surface area contributed by atoms with E-state index in [1.165, 1.54) is 50.5 Å². The van der Waals surface area contributed by atoms with Crippen molar-refractivity contribution in [3.63, 3.8) is 0 Å². The number of methoxy groups -OCH3 is 1. The van der Waals surface area contributed by atoms with Gasteiger partial charge in [0.25, 0.3) is 0 Å². The molecule has 0 radical (unpaired) electrons. The molecule has 2 nitrogen and oxygen atoms in total. The van der Waals surface area contributed by atoms with Gasteiger partial charge in [-0.2, -0.15) is 0 Å². The summed E-state index contributed by atoms with van der Waals surface area (Å²) in [5.41, 5.74) is 1.78. The van der Waals surface area contributed by atoms with Crippen LogP contribution in [0.15, 0.2) is 24.3 Å². The van der Waals surface area contributed by atoms with Gasteiger partial charge in [0.05, 0.1) is 0 Å². The van der Waals surface area contributed by atoms with Crippen molar-refractivity contribution in [2.45, 2.75) is 84.8 Å². The first-order chi connectivity index (χ1) is 11.4. The summed E-state index contributed by atoms with van der Waals surface area (Å²) < 4.78 is 11.8. The lowest BCUT2D eigenvalue weighted by Gasteiger charge is -2.29. The SMILES string of the molecule is CCC(CC(C)(C)C)c1ccc(OC(OC)C2CCCCC2)cc1. The quantitative estimate of drug-likeness (QED) is 0.527. The summed E-state index contributed by atoms with van der Waals surface area (Å²) in [5, 5.41) is 0. The van der Waals surface area contributed by atoms with Crippen LogP contribution in [0.4, 0.5) is 0 Å². The Kier molecular flexibility index (Phi) is 7.16. The van der Waals surface area contributed by atoms with Crippen LogP contribution in [0.2, 0.25) is 0 Å². The second kappa shape index (κ2) is 8.89. The minimum absolute atomic E-state index is 0.104. The van der Waals surface area contributed by atoms with Crippen LogP contribution in [0, 0.1) is 11.3 Å². The van der Waals surface area contributed by atoms with E-state index < -0.39 is 0 Å². The van der Waals surface area contributed by atoms with E-state index in [1.807, 2.05) is 0 Å². The average Bonchev–Trinajstić information content (AvgIpc) is 2.58. The predicted molar refractivity (Wildman–Crippen MR) is 102 cm³/mol. The van der Waals surface area contributed by atoms with E-state index in [4.69, 9.17) is 9.47 Å². The van der Waals surface area contributed by atoms with Crippen LogP contribution < -0.4 is 4.74 Å². The molecule has 1 aliphatic carbocycles. The standard InChI is InChI=1S/C22H36O2/c1-6-17(16-22(2,3)4)18-12-14-20(15-13-18)24-21(23-5)19-10-8-7-9-11-19/h12-15,17,19,21H,6-11,16H2,1-5H3. The summed E-state index contributed by atoms with van der Waals surface area (Å²) in [6.45, 7) is 9.24. The molecule has 1 aromatic carbocycles. The summed E-state index contributed by atoms with van der Waals surface area (Å²) >= 11 is 0. The van der Waals surface area contributed by atoms with Crippen LogP contribution in [0.5, 0.6) is 5.75 Å². The van der Waals surface area contributed by atoms with E-state index in [0.29, 0.717) is 17.3 Å². The zero-order valence-electron chi connectivity index (χ0n) is 16.3. The van der Waals surface area contributed by atoms with Crippen molar-refractivity contribution in [3.05, 3.63) is 29.8 Å². The van der Waals surface area contributed by atoms with Gasteiger partial charge in [-0.25, -0.2) is 0 Å². The average molecular weight is 333 g/mol. The molecule has 0 aliphatic heterocycles. The lowest BCUT2D eigenvalue weighted by atomic mass is 9.80. The predicted octanol–water partition coefficient (Wildman–Crippen LogP) is 6.55. The van der Waals surface area contributed by atoms with E-state index in [2.05, 4.69) is 52.0 Å². The van der Waals surface area contributed by atoms with Crippen molar-refractivity contribution in [2.24, 2.45) is 11.3 Å². The van der Waals surface area contributed by atoms with Crippen LogP contribution in [-0.2, 0) is 4.74 Å². The normalized spacial score (nSPS) is 19.0. The third-order valence-electron chi connectivity index (χ3n) is 5.22. The maximum Gasteiger partial charge on any atom is 0.202 e. The van der Waals surface area contributed by atoms with Gasteiger partial charge in [0.2, 0.25) is 6.29 Å². The van der Waals surface area contributed by atoms with Gasteiger partial charge in [-0.1, -0.05) is 59.1 Å². The second-order valence-electron chi connectivity index (χ2n) is 8.56. The van der Waals surface area contributed by atoms with Crippen LogP contribution in [0.1, 0.15) is 84.1 Å². The number of benzene rings is 1. The zero-order chi connectivity index (χ0) is 17.6. The molecule has 2 rings (SSSR count). The Hall–Kier alpha value is -1.02. The first-order valence-electron chi connectivity index (χ1n) is 9.72. The summed E-state index contributed by atoms with van der Waals surface area (Å²) in [4.78, 5) is 0. The molecule has 2 atom stereocenters. The molecule has 1 fully saturated rings. The Labute approximate surface area is 148 Å². The zero-order valence-corrected chi connectivity index (χ0v) is 16.3. The van der Waals surface area contributed by atoms with E-state index in [9.17, 15) is 0 Å². The van der Waals surface area contributed by atoms with Gasteiger partial charge in [-0.3, -0.25) is 0 Å². The fourth-order valence-electron chi connectivity index (χ4n) is 3.93. The maximum absolute atomic E-state index is 6.15. The minimum atomic E-state index is -0.104. The molecule has 0 aromatic heterocycles. The van der Waals surface area contributed by atoms with Crippen molar-refractivity contribution in [1.82, 2.24) is 0 Å². The van der Waals surface area contributed by atoms with Crippen LogP contribution in [-0.4, -0.2) is 13.4 Å². The second-order valence-corrected chi connectivity index (χ2v) is 8.56. The van der Waals surface area contributed by atoms with Gasteiger partial charge >= 0.3 is 0 Å². The van der Waals surface area contributed by atoms with Crippen LogP contribution in [0.25, 0.3) is 0 Å². The third-order valence-corrected chi connectivity index (χ3v) is 5.22. The molecule has 1 aliphatic rings. The molecule has 1 saturated carbocycles. The molecule has 136 valence electrons. The highest BCUT2D eigenvalue weighted by molar-refractivity contribution is 5.29. The first-order valence-corrected chi connectivity index (χ1v) is 9.72. The summed E-state index contributed by atoms with van der Waals surface area (Å²) in [6.07, 6.45) is 8.70. The number of rotatable bonds is 7. The third kappa shape index (κ3) is 5.81. The van der Waals surface area contributed by atoms with Gasteiger partial charge in [-0.15, -0.1) is 0 Å². The molecule has 1 aromatic rings. The molecular weight excluding hydrogens is 296 g/mol. The molecule has 0 bridgehead atoms. The van der Waals surface area contributed by atoms with Gasteiger partial charge in [0.15, 0.2) is 0 Å². The highest BCUT2D eigenvalue weighted by Crippen LogP contribution is 2.34. The van der Waals surface area contributed by atoms with Gasteiger partial charge in [-0.05, 0) is 54.7 Å². The Morgan fingerprint density at radius 3 is 2.17 bits per heavy atom. The van der Waals surface area contributed by atoms with Crippen LogP contribution in [0.3, 0.4) is 0 Å². The fourth-order valence-corrected chi connectivity index (χ4v) is 3.93. The molecule has 0 N–H and O–H groups in total. The van der Waals surface area contributed by atoms with E-state index in [-0.39, 0.29) is 6.29 Å². The van der Waals surface area contributed by atoms with Gasteiger partial charge in [0.1, 0.15) is 5.75 Å². The highest BCUT2D eigenvalue weighted by Gasteiger charge is 2.25. The number of hydrogen-bond acceptors (Lipinski definition) is 2. The number of ether oxygens (including phenoxy) is 2. The molecule has 0 heterocycles. The van der Waals surface area contributed by atoms with Crippen molar-refractivity contribution in [3.8, 4) is 5.75 Å². The lowest BCUT2D eigenvalue weighted by Crippen LogP contribution is -2.30. The topological polar surface area (TPSA) is 18.5 Å². The molecule has 24 heavy (non-hydrogen) atoms. The van der Waals surface area contributed by atoms with Crippen LogP contribution >= 0.6 is 0 Å². The van der Waals surface area contributed by atoms with E-state index >= 15 is 0 Å². The largest absolute Gasteiger partial charge is 0.465 e. The van der Waals surface area contributed by atoms with Crippen molar-refractivity contribution in [1.29, 1.82) is 0 Å². The fraction of sp³-hybridized carbons (Fsp3) is 0.727. The summed E-state index contributed by atoms with van der Waals surface area (Å²) in [6, 6.07) is 8.72. The van der Waals surface area contributed by atoms with Gasteiger partial charge in [0, 0.05) is 13.0 Å². The maximum atomic E-state index is 6.15. The molecule has 0 saturated heterocycles. The molecule has 2 unspecified atom stereocenters. The Balaban J connectivity index is 1.99. The summed E-state index contributed by atoms with van der Waals surface area (Å²) in [7, 11) is 1.77. The molecule has 2 heteroatoms. The Bertz CT molecular complexity index is 466. The minimum Gasteiger partial charge on any atom is -0.465 e. The first kappa shape index (κ1) is 19.3. The Morgan fingerprint density at radius 1 is 1.04 bits per heavy atom. The van der Waals surface area contributed by atoms with E-state index in [0.717, 1.165) is 5.75 Å². The van der Waals surface area contributed by atoms with Crippen molar-refractivity contribution >= 4 is 0 Å². The van der Waals surface area contributed by atoms with E-state index in [1.54, 1.807) is 7.11 Å². The highest BCUT2D eigenvalue weighted by atomic mass is 16.7. The smallest absolute Gasteiger partial charge is 0.202 e. The van der Waals surface area contributed by atoms with Crippen molar-refractivity contribution < 1.29 is 9.47 Å². The monoisotopic (exact) mass is 332 g/mol. The summed E-state index contributed by atoms with van der Waals surface area (Å²) in [5.74, 6) is 2.09. The molecule has 0 amide bonds. The Morgan fingerprint density at radius 2 is 1.67 bits per heavy atom. The van der Waals surface area contributed by atoms with Gasteiger partial charge < -0.3 is 9.47 Å². The lowest BCUT2D eigenvalue weighted by molar-refractivity contribution is -0.101.